The summed E-state index contributed by atoms with van der Waals surface area (Å²) in [6.45, 7) is 4.56. The van der Waals surface area contributed by atoms with Gasteiger partial charge in [0.15, 0.2) is 5.69 Å². The largest absolute Gasteiger partial charge is 0.433 e. The van der Waals surface area contributed by atoms with Gasteiger partial charge in [-0.1, -0.05) is 0 Å². The van der Waals surface area contributed by atoms with Crippen LogP contribution in [0, 0.1) is 5.92 Å². The molecule has 1 heterocycles. The fourth-order valence-corrected chi connectivity index (χ4v) is 2.02. The Labute approximate surface area is 114 Å². The van der Waals surface area contributed by atoms with E-state index >= 15 is 0 Å². The van der Waals surface area contributed by atoms with Crippen LogP contribution in [0.25, 0.3) is 0 Å². The number of halogens is 4. The van der Waals surface area contributed by atoms with Crippen LogP contribution < -0.4 is 4.90 Å². The predicted octanol–water partition coefficient (Wildman–Crippen LogP) is 3.77. The molecule has 0 bridgehead atoms. The van der Waals surface area contributed by atoms with Gasteiger partial charge in [-0.15, -0.1) is 0 Å². The van der Waals surface area contributed by atoms with Crippen LogP contribution in [0.15, 0.2) is 6.07 Å². The van der Waals surface area contributed by atoms with Crippen molar-refractivity contribution in [3.05, 3.63) is 17.0 Å². The summed E-state index contributed by atoms with van der Waals surface area (Å²) in [6.07, 6.45) is -2.27. The lowest BCUT2D eigenvalue weighted by Gasteiger charge is -2.28. The Morgan fingerprint density at radius 2 is 2.00 bits per heavy atom. The molecule has 1 aromatic rings. The summed E-state index contributed by atoms with van der Waals surface area (Å²) >= 11 is 5.61. The quantitative estimate of drug-likeness (QED) is 0.791. The Balaban J connectivity index is 2.32. The molecule has 3 nitrogen and oxygen atoms in total. The molecular weight excluding hydrogens is 279 g/mol. The average Bonchev–Trinajstić information content (AvgIpc) is 3.07. The van der Waals surface area contributed by atoms with Gasteiger partial charge in [0.2, 0.25) is 5.28 Å². The van der Waals surface area contributed by atoms with Crippen molar-refractivity contribution in [2.24, 2.45) is 5.92 Å². The Bertz CT molecular complexity index is 458. The number of alkyl halides is 3. The molecule has 7 heteroatoms. The van der Waals surface area contributed by atoms with E-state index in [0.717, 1.165) is 18.9 Å². The summed E-state index contributed by atoms with van der Waals surface area (Å²) < 4.78 is 38.2. The highest BCUT2D eigenvalue weighted by Gasteiger charge is 2.35. The molecule has 0 aliphatic heterocycles. The first kappa shape index (κ1) is 14.4. The van der Waals surface area contributed by atoms with Crippen LogP contribution in [0.3, 0.4) is 0 Å². The number of hydrogen-bond donors (Lipinski definition) is 0. The van der Waals surface area contributed by atoms with Crippen molar-refractivity contribution in [3.63, 3.8) is 0 Å². The smallest absolute Gasteiger partial charge is 0.354 e. The van der Waals surface area contributed by atoms with E-state index in [-0.39, 0.29) is 17.1 Å². The van der Waals surface area contributed by atoms with E-state index in [0.29, 0.717) is 12.5 Å². The Hall–Kier alpha value is -1.04. The zero-order valence-corrected chi connectivity index (χ0v) is 11.5. The van der Waals surface area contributed by atoms with E-state index in [1.54, 1.807) is 0 Å². The second kappa shape index (κ2) is 5.15. The first-order chi connectivity index (χ1) is 8.77. The van der Waals surface area contributed by atoms with Crippen molar-refractivity contribution >= 4 is 17.4 Å². The molecule has 1 aromatic heterocycles. The second-order valence-corrected chi connectivity index (χ2v) is 5.41. The average molecular weight is 294 g/mol. The monoisotopic (exact) mass is 293 g/mol. The van der Waals surface area contributed by atoms with Crippen LogP contribution in [-0.2, 0) is 6.18 Å². The van der Waals surface area contributed by atoms with E-state index in [1.165, 1.54) is 0 Å². The van der Waals surface area contributed by atoms with Gasteiger partial charge in [-0.25, -0.2) is 9.97 Å². The first-order valence-corrected chi connectivity index (χ1v) is 6.53. The molecule has 0 amide bonds. The van der Waals surface area contributed by atoms with Gasteiger partial charge in [-0.3, -0.25) is 0 Å². The first-order valence-electron chi connectivity index (χ1n) is 6.16. The van der Waals surface area contributed by atoms with E-state index in [4.69, 9.17) is 11.6 Å². The highest BCUT2D eigenvalue weighted by Crippen LogP contribution is 2.34. The molecule has 1 fully saturated rings. The fourth-order valence-electron chi connectivity index (χ4n) is 1.85. The van der Waals surface area contributed by atoms with Crippen LogP contribution >= 0.6 is 11.6 Å². The second-order valence-electron chi connectivity index (χ2n) is 5.07. The molecule has 0 unspecified atom stereocenters. The zero-order chi connectivity index (χ0) is 14.2. The van der Waals surface area contributed by atoms with Crippen molar-refractivity contribution < 1.29 is 13.2 Å². The maximum atomic E-state index is 12.7. The van der Waals surface area contributed by atoms with Crippen LogP contribution in [0.1, 0.15) is 32.4 Å². The number of anilines is 1. The summed E-state index contributed by atoms with van der Waals surface area (Å²) in [7, 11) is 0. The summed E-state index contributed by atoms with van der Waals surface area (Å²) in [4.78, 5) is 9.02. The lowest BCUT2D eigenvalue weighted by molar-refractivity contribution is -0.141. The summed E-state index contributed by atoms with van der Waals surface area (Å²) in [6, 6.07) is 1.03. The van der Waals surface area contributed by atoms with Crippen LogP contribution in [-0.4, -0.2) is 22.6 Å². The summed E-state index contributed by atoms with van der Waals surface area (Å²) in [5, 5.41) is -0.369. The third kappa shape index (κ3) is 3.72. The predicted molar refractivity (Wildman–Crippen MR) is 67.3 cm³/mol. The van der Waals surface area contributed by atoms with Crippen LogP contribution in [0.2, 0.25) is 5.28 Å². The zero-order valence-electron chi connectivity index (χ0n) is 10.7. The number of nitrogens with zero attached hydrogens (tertiary/aromatic N) is 3. The molecule has 0 atom stereocenters. The molecule has 0 radical (unpaired) electrons. The number of aromatic nitrogens is 2. The molecular formula is C12H15ClF3N3. The van der Waals surface area contributed by atoms with Crippen molar-refractivity contribution in [2.75, 3.05) is 11.4 Å². The molecule has 1 aliphatic carbocycles. The van der Waals surface area contributed by atoms with Gasteiger partial charge in [0.25, 0.3) is 0 Å². The van der Waals surface area contributed by atoms with Gasteiger partial charge in [0, 0.05) is 18.7 Å². The van der Waals surface area contributed by atoms with E-state index < -0.39 is 11.9 Å². The van der Waals surface area contributed by atoms with Crippen molar-refractivity contribution in [1.29, 1.82) is 0 Å². The highest BCUT2D eigenvalue weighted by atomic mass is 35.5. The Morgan fingerprint density at radius 1 is 1.37 bits per heavy atom. The SMILES string of the molecule is CC(C)N(CC1CC1)c1cc(C(F)(F)F)nc(Cl)n1. The molecule has 2 rings (SSSR count). The van der Waals surface area contributed by atoms with Crippen molar-refractivity contribution in [1.82, 2.24) is 9.97 Å². The molecule has 0 saturated heterocycles. The molecule has 1 saturated carbocycles. The molecule has 0 spiro atoms. The molecule has 19 heavy (non-hydrogen) atoms. The van der Waals surface area contributed by atoms with E-state index in [9.17, 15) is 13.2 Å². The maximum Gasteiger partial charge on any atom is 0.433 e. The lowest BCUT2D eigenvalue weighted by Crippen LogP contribution is -2.34. The van der Waals surface area contributed by atoms with Gasteiger partial charge >= 0.3 is 6.18 Å². The molecule has 0 N–H and O–H groups in total. The third-order valence-corrected chi connectivity index (χ3v) is 3.21. The standard InChI is InChI=1S/C12H15ClF3N3/c1-7(2)19(6-8-3-4-8)10-5-9(12(14,15)16)17-11(13)18-10/h5,7-8H,3-4,6H2,1-2H3. The summed E-state index contributed by atoms with van der Waals surface area (Å²) in [5.74, 6) is 0.791. The minimum atomic E-state index is -4.51. The lowest BCUT2D eigenvalue weighted by atomic mass is 10.2. The maximum absolute atomic E-state index is 12.7. The normalized spacial score (nSPS) is 15.9. The molecule has 1 aliphatic rings. The van der Waals surface area contributed by atoms with Gasteiger partial charge in [-0.2, -0.15) is 13.2 Å². The minimum absolute atomic E-state index is 0.0626. The van der Waals surface area contributed by atoms with Crippen LogP contribution in [0.5, 0.6) is 0 Å². The van der Waals surface area contributed by atoms with Gasteiger partial charge < -0.3 is 4.90 Å². The minimum Gasteiger partial charge on any atom is -0.354 e. The summed E-state index contributed by atoms with van der Waals surface area (Å²) in [5.41, 5.74) is -0.996. The van der Waals surface area contributed by atoms with Crippen LogP contribution in [0.4, 0.5) is 19.0 Å². The highest BCUT2D eigenvalue weighted by molar-refractivity contribution is 6.28. The Kier molecular flexibility index (Phi) is 3.90. The van der Waals surface area contributed by atoms with E-state index in [1.807, 2.05) is 18.7 Å². The van der Waals surface area contributed by atoms with Gasteiger partial charge in [-0.05, 0) is 44.2 Å². The Morgan fingerprint density at radius 3 is 2.47 bits per heavy atom. The van der Waals surface area contributed by atoms with E-state index in [2.05, 4.69) is 9.97 Å². The molecule has 106 valence electrons. The third-order valence-electron chi connectivity index (χ3n) is 3.05. The number of rotatable bonds is 4. The van der Waals surface area contributed by atoms with Crippen molar-refractivity contribution in [2.45, 2.75) is 38.9 Å². The van der Waals surface area contributed by atoms with Gasteiger partial charge in [0.05, 0.1) is 0 Å². The topological polar surface area (TPSA) is 29.0 Å². The molecule has 0 aromatic carbocycles. The fraction of sp³-hybridized carbons (Fsp3) is 0.667. The number of hydrogen-bond acceptors (Lipinski definition) is 3. The van der Waals surface area contributed by atoms with Crippen molar-refractivity contribution in [3.8, 4) is 0 Å². The van der Waals surface area contributed by atoms with Gasteiger partial charge in [0.1, 0.15) is 5.82 Å².